The zero-order valence-corrected chi connectivity index (χ0v) is 11.3. The highest BCUT2D eigenvalue weighted by Crippen LogP contribution is 2.51. The zero-order valence-electron chi connectivity index (χ0n) is 11.3. The van der Waals surface area contributed by atoms with Crippen LogP contribution in [-0.2, 0) is 6.18 Å². The maximum absolute atomic E-state index is 12.7. The number of nitrogen functional groups attached to an aromatic ring is 1. The highest BCUT2D eigenvalue weighted by atomic mass is 19.4. The van der Waals surface area contributed by atoms with Gasteiger partial charge in [-0.2, -0.15) is 13.2 Å². The van der Waals surface area contributed by atoms with Crippen LogP contribution >= 0.6 is 0 Å². The molecule has 1 saturated carbocycles. The Morgan fingerprint density at radius 1 is 1.45 bits per heavy atom. The van der Waals surface area contributed by atoms with Gasteiger partial charge in [-0.15, -0.1) is 0 Å². The summed E-state index contributed by atoms with van der Waals surface area (Å²) in [6.45, 7) is 4.67. The number of anilines is 1. The minimum Gasteiger partial charge on any atom is -0.398 e. The van der Waals surface area contributed by atoms with Crippen LogP contribution in [0.25, 0.3) is 0 Å². The number of amides is 1. The molecule has 20 heavy (non-hydrogen) atoms. The van der Waals surface area contributed by atoms with E-state index in [1.807, 2.05) is 0 Å². The molecule has 1 aliphatic rings. The third-order valence-corrected chi connectivity index (χ3v) is 3.85. The van der Waals surface area contributed by atoms with Crippen LogP contribution in [0.1, 0.15) is 36.2 Å². The molecule has 6 heteroatoms. The van der Waals surface area contributed by atoms with E-state index in [-0.39, 0.29) is 16.7 Å². The first-order chi connectivity index (χ1) is 9.11. The zero-order chi connectivity index (χ0) is 15.1. The third-order valence-electron chi connectivity index (χ3n) is 3.85. The standard InChI is InChI=1S/C14H17F3N2O/c1-13(2)6-9(13)7-19-12(20)8-3-4-11(18)10(5-8)14(15,16)17/h3-5,9H,6-7,18H2,1-2H3,(H,19,20). The summed E-state index contributed by atoms with van der Waals surface area (Å²) in [4.78, 5) is 11.9. The number of hydrogen-bond donors (Lipinski definition) is 2. The quantitative estimate of drug-likeness (QED) is 0.839. The van der Waals surface area contributed by atoms with Gasteiger partial charge in [0.15, 0.2) is 0 Å². The van der Waals surface area contributed by atoms with E-state index in [9.17, 15) is 18.0 Å². The number of alkyl halides is 3. The Bertz CT molecular complexity index is 538. The maximum atomic E-state index is 12.7. The molecule has 1 aliphatic carbocycles. The van der Waals surface area contributed by atoms with Crippen molar-refractivity contribution in [1.29, 1.82) is 0 Å². The first-order valence-corrected chi connectivity index (χ1v) is 6.36. The molecule has 1 atom stereocenters. The van der Waals surface area contributed by atoms with Crippen LogP contribution < -0.4 is 11.1 Å². The fourth-order valence-electron chi connectivity index (χ4n) is 2.19. The van der Waals surface area contributed by atoms with Gasteiger partial charge < -0.3 is 11.1 Å². The van der Waals surface area contributed by atoms with E-state index in [4.69, 9.17) is 5.73 Å². The molecule has 3 nitrogen and oxygen atoms in total. The first-order valence-electron chi connectivity index (χ1n) is 6.36. The van der Waals surface area contributed by atoms with Crippen molar-refractivity contribution in [3.8, 4) is 0 Å². The molecule has 1 amide bonds. The molecule has 2 rings (SSSR count). The molecular weight excluding hydrogens is 269 g/mol. The SMILES string of the molecule is CC1(C)CC1CNC(=O)c1ccc(N)c(C(F)(F)F)c1. The molecule has 1 unspecified atom stereocenters. The Hall–Kier alpha value is -1.72. The van der Waals surface area contributed by atoms with Crippen molar-refractivity contribution >= 4 is 11.6 Å². The van der Waals surface area contributed by atoms with Gasteiger partial charge in [0.1, 0.15) is 0 Å². The molecule has 0 saturated heterocycles. The third kappa shape index (κ3) is 3.05. The molecule has 0 bridgehead atoms. The minimum atomic E-state index is -4.56. The Labute approximate surface area is 115 Å². The number of rotatable bonds is 3. The monoisotopic (exact) mass is 286 g/mol. The lowest BCUT2D eigenvalue weighted by molar-refractivity contribution is -0.136. The molecule has 3 N–H and O–H groups in total. The van der Waals surface area contributed by atoms with E-state index >= 15 is 0 Å². The summed E-state index contributed by atoms with van der Waals surface area (Å²) in [5.41, 5.74) is 4.13. The molecule has 0 radical (unpaired) electrons. The lowest BCUT2D eigenvalue weighted by Crippen LogP contribution is -2.27. The second-order valence-corrected chi connectivity index (χ2v) is 5.90. The number of hydrogen-bond acceptors (Lipinski definition) is 2. The van der Waals surface area contributed by atoms with Gasteiger partial charge >= 0.3 is 6.18 Å². The lowest BCUT2D eigenvalue weighted by atomic mass is 10.1. The smallest absolute Gasteiger partial charge is 0.398 e. The summed E-state index contributed by atoms with van der Waals surface area (Å²) in [5.74, 6) is -0.111. The van der Waals surface area contributed by atoms with Crippen molar-refractivity contribution in [2.24, 2.45) is 11.3 Å². The highest BCUT2D eigenvalue weighted by Gasteiger charge is 2.45. The lowest BCUT2D eigenvalue weighted by Gasteiger charge is -2.12. The molecule has 0 spiro atoms. The van der Waals surface area contributed by atoms with Gasteiger partial charge in [0, 0.05) is 17.8 Å². The average molecular weight is 286 g/mol. The van der Waals surface area contributed by atoms with Gasteiger partial charge in [-0.3, -0.25) is 4.79 Å². The summed E-state index contributed by atoms with van der Waals surface area (Å²) >= 11 is 0. The molecule has 1 fully saturated rings. The van der Waals surface area contributed by atoms with Gasteiger partial charge in [0.25, 0.3) is 5.91 Å². The normalized spacial score (nSPS) is 20.6. The van der Waals surface area contributed by atoms with Crippen LogP contribution in [0.3, 0.4) is 0 Å². The number of benzene rings is 1. The minimum absolute atomic E-state index is 0.0232. The fourth-order valence-corrected chi connectivity index (χ4v) is 2.19. The second-order valence-electron chi connectivity index (χ2n) is 5.90. The molecule has 110 valence electrons. The summed E-state index contributed by atoms with van der Waals surface area (Å²) in [7, 11) is 0. The molecule has 0 aliphatic heterocycles. The van der Waals surface area contributed by atoms with Crippen molar-refractivity contribution in [3.63, 3.8) is 0 Å². The van der Waals surface area contributed by atoms with Crippen LogP contribution in [0.4, 0.5) is 18.9 Å². The van der Waals surface area contributed by atoms with Gasteiger partial charge in [-0.05, 0) is 36.0 Å². The van der Waals surface area contributed by atoms with Crippen molar-refractivity contribution in [1.82, 2.24) is 5.32 Å². The van der Waals surface area contributed by atoms with Crippen molar-refractivity contribution < 1.29 is 18.0 Å². The summed E-state index contributed by atoms with van der Waals surface area (Å²) in [5, 5.41) is 2.67. The van der Waals surface area contributed by atoms with Crippen molar-refractivity contribution in [2.45, 2.75) is 26.4 Å². The Kier molecular flexibility index (Phi) is 3.44. The number of halogens is 3. The summed E-state index contributed by atoms with van der Waals surface area (Å²) in [6, 6.07) is 3.21. The van der Waals surface area contributed by atoms with Crippen LogP contribution in [0.2, 0.25) is 0 Å². The second kappa shape index (κ2) is 4.68. The van der Waals surface area contributed by atoms with E-state index in [0.29, 0.717) is 12.5 Å². The summed E-state index contributed by atoms with van der Waals surface area (Å²) in [6.07, 6.45) is -3.54. The molecule has 0 aromatic heterocycles. The van der Waals surface area contributed by atoms with Crippen LogP contribution in [0, 0.1) is 11.3 Å². The first kappa shape index (κ1) is 14.7. The van der Waals surface area contributed by atoms with Crippen LogP contribution in [-0.4, -0.2) is 12.5 Å². The molecular formula is C14H17F3N2O. The number of carbonyl (C=O) groups excluding carboxylic acids is 1. The molecule has 0 heterocycles. The van der Waals surface area contributed by atoms with Gasteiger partial charge in [-0.1, -0.05) is 13.8 Å². The van der Waals surface area contributed by atoms with Crippen molar-refractivity contribution in [3.05, 3.63) is 29.3 Å². The van der Waals surface area contributed by atoms with E-state index in [2.05, 4.69) is 19.2 Å². The number of nitrogens with two attached hydrogens (primary N) is 1. The topological polar surface area (TPSA) is 55.1 Å². The summed E-state index contributed by atoms with van der Waals surface area (Å²) < 4.78 is 38.1. The van der Waals surface area contributed by atoms with Gasteiger partial charge in [0.2, 0.25) is 0 Å². The predicted molar refractivity (Wildman–Crippen MR) is 70.1 cm³/mol. The Morgan fingerprint density at radius 2 is 2.05 bits per heavy atom. The van der Waals surface area contributed by atoms with Crippen LogP contribution in [0.5, 0.6) is 0 Å². The van der Waals surface area contributed by atoms with Gasteiger partial charge in [0.05, 0.1) is 5.56 Å². The van der Waals surface area contributed by atoms with E-state index in [0.717, 1.165) is 18.6 Å². The van der Waals surface area contributed by atoms with E-state index < -0.39 is 17.6 Å². The average Bonchev–Trinajstić information content (AvgIpc) is 2.93. The Balaban J connectivity index is 2.07. The fraction of sp³-hybridized carbons (Fsp3) is 0.500. The number of nitrogens with one attached hydrogen (secondary N) is 1. The van der Waals surface area contributed by atoms with E-state index in [1.165, 1.54) is 6.07 Å². The number of carbonyl (C=O) groups is 1. The van der Waals surface area contributed by atoms with Crippen molar-refractivity contribution in [2.75, 3.05) is 12.3 Å². The van der Waals surface area contributed by atoms with Crippen LogP contribution in [0.15, 0.2) is 18.2 Å². The predicted octanol–water partition coefficient (Wildman–Crippen LogP) is 3.06. The molecule has 1 aromatic rings. The molecule has 1 aromatic carbocycles. The maximum Gasteiger partial charge on any atom is 0.418 e. The Morgan fingerprint density at radius 3 is 2.55 bits per heavy atom. The van der Waals surface area contributed by atoms with Gasteiger partial charge in [-0.25, -0.2) is 0 Å². The largest absolute Gasteiger partial charge is 0.418 e. The van der Waals surface area contributed by atoms with E-state index in [1.54, 1.807) is 0 Å². The highest BCUT2D eigenvalue weighted by molar-refractivity contribution is 5.94.